The summed E-state index contributed by atoms with van der Waals surface area (Å²) in [5.74, 6) is 0.450. The van der Waals surface area contributed by atoms with Crippen molar-refractivity contribution in [2.45, 2.75) is 6.42 Å². The van der Waals surface area contributed by atoms with Crippen LogP contribution in [0.5, 0.6) is 11.5 Å². The number of hydrogen-bond acceptors (Lipinski definition) is 5. The van der Waals surface area contributed by atoms with E-state index < -0.39 is 0 Å². The molecule has 0 atom stereocenters. The fraction of sp³-hybridized carbons (Fsp3) is 0.158. The van der Waals surface area contributed by atoms with Gasteiger partial charge in [-0.15, -0.1) is 11.3 Å². The molecule has 0 aliphatic heterocycles. The number of hydrogen-bond donors (Lipinski definition) is 1. The highest BCUT2D eigenvalue weighted by Crippen LogP contribution is 2.27. The molecule has 0 aliphatic carbocycles. The zero-order valence-corrected chi connectivity index (χ0v) is 15.1. The van der Waals surface area contributed by atoms with Crippen LogP contribution in [0.1, 0.15) is 20.8 Å². The summed E-state index contributed by atoms with van der Waals surface area (Å²) in [6, 6.07) is 11.3. The number of amides is 1. The Kier molecular flexibility index (Phi) is 5.48. The molecule has 0 aliphatic rings. The molecular weight excluding hydrogens is 355 g/mol. The molecule has 0 fully saturated rings. The van der Waals surface area contributed by atoms with Crippen LogP contribution in [0.15, 0.2) is 48.7 Å². The van der Waals surface area contributed by atoms with E-state index in [4.69, 9.17) is 9.47 Å². The molecule has 26 heavy (non-hydrogen) atoms. The Bertz CT molecular complexity index is 909. The minimum absolute atomic E-state index is 0.264. The smallest absolute Gasteiger partial charge is 0.261 e. The van der Waals surface area contributed by atoms with Crippen LogP contribution in [-0.4, -0.2) is 25.1 Å². The van der Waals surface area contributed by atoms with Crippen molar-refractivity contribution >= 4 is 22.4 Å². The third-order valence-electron chi connectivity index (χ3n) is 3.72. The summed E-state index contributed by atoms with van der Waals surface area (Å²) in [5.41, 5.74) is 1.37. The quantitative estimate of drug-likeness (QED) is 0.706. The summed E-state index contributed by atoms with van der Waals surface area (Å²) < 4.78 is 23.4. The molecule has 0 bridgehead atoms. The van der Waals surface area contributed by atoms with Gasteiger partial charge in [0.25, 0.3) is 5.91 Å². The summed E-state index contributed by atoms with van der Waals surface area (Å²) in [6.07, 6.45) is 2.33. The highest BCUT2D eigenvalue weighted by atomic mass is 32.1. The number of carbonyl (C=O) groups excluding carboxylic acids is 1. The Morgan fingerprint density at radius 1 is 1.15 bits per heavy atom. The molecule has 0 unspecified atom stereocenters. The second kappa shape index (κ2) is 7.97. The van der Waals surface area contributed by atoms with Crippen molar-refractivity contribution in [2.75, 3.05) is 19.5 Å². The number of nitrogens with zero attached hydrogens (tertiary/aromatic N) is 1. The van der Waals surface area contributed by atoms with Crippen molar-refractivity contribution in [3.05, 3.63) is 70.5 Å². The highest BCUT2D eigenvalue weighted by Gasteiger charge is 2.15. The molecule has 3 aromatic rings. The Morgan fingerprint density at radius 3 is 2.62 bits per heavy atom. The summed E-state index contributed by atoms with van der Waals surface area (Å²) in [4.78, 5) is 17.7. The fourth-order valence-corrected chi connectivity index (χ4v) is 3.24. The van der Waals surface area contributed by atoms with Gasteiger partial charge >= 0.3 is 0 Å². The standard InChI is InChI=1S/C19H17FN2O3S/c1-24-14-7-8-16(17(10-14)25-2)18(23)22-19-21-11-15(26-19)9-12-3-5-13(20)6-4-12/h3-8,10-11H,9H2,1-2H3,(H,21,22,23). The van der Waals surface area contributed by atoms with E-state index in [2.05, 4.69) is 10.3 Å². The molecule has 0 saturated heterocycles. The Labute approximate surface area is 154 Å². The lowest BCUT2D eigenvalue weighted by molar-refractivity contribution is 0.102. The minimum Gasteiger partial charge on any atom is -0.497 e. The maximum atomic E-state index is 13.0. The Balaban J connectivity index is 1.70. The van der Waals surface area contributed by atoms with Crippen molar-refractivity contribution in [1.82, 2.24) is 4.98 Å². The molecule has 1 amide bonds. The lowest BCUT2D eigenvalue weighted by atomic mass is 10.1. The number of halogens is 1. The van der Waals surface area contributed by atoms with Gasteiger partial charge in [0, 0.05) is 23.6 Å². The molecule has 0 saturated carbocycles. The number of ether oxygens (including phenoxy) is 2. The van der Waals surface area contributed by atoms with Gasteiger partial charge in [-0.1, -0.05) is 12.1 Å². The third kappa shape index (κ3) is 4.18. The minimum atomic E-state index is -0.313. The molecule has 2 aromatic carbocycles. The summed E-state index contributed by atoms with van der Waals surface area (Å²) >= 11 is 1.37. The first kappa shape index (κ1) is 17.9. The normalized spacial score (nSPS) is 10.4. The molecule has 1 heterocycles. The van der Waals surface area contributed by atoms with Crippen LogP contribution in [-0.2, 0) is 6.42 Å². The van der Waals surface area contributed by atoms with Crippen LogP contribution in [0, 0.1) is 5.82 Å². The van der Waals surface area contributed by atoms with E-state index in [0.717, 1.165) is 10.4 Å². The molecule has 0 radical (unpaired) electrons. The number of carbonyl (C=O) groups is 1. The number of aromatic nitrogens is 1. The predicted molar refractivity (Wildman–Crippen MR) is 98.8 cm³/mol. The zero-order chi connectivity index (χ0) is 18.5. The number of thiazole rings is 1. The monoisotopic (exact) mass is 372 g/mol. The highest BCUT2D eigenvalue weighted by molar-refractivity contribution is 7.15. The molecule has 134 valence electrons. The van der Waals surface area contributed by atoms with E-state index in [1.165, 1.54) is 30.6 Å². The van der Waals surface area contributed by atoms with Crippen molar-refractivity contribution in [2.24, 2.45) is 0 Å². The summed E-state index contributed by atoms with van der Waals surface area (Å²) in [7, 11) is 3.04. The number of rotatable bonds is 6. The molecule has 3 rings (SSSR count). The van der Waals surface area contributed by atoms with E-state index in [-0.39, 0.29) is 11.7 Å². The van der Waals surface area contributed by atoms with Gasteiger partial charge in [0.15, 0.2) is 5.13 Å². The van der Waals surface area contributed by atoms with E-state index in [1.54, 1.807) is 43.6 Å². The zero-order valence-electron chi connectivity index (χ0n) is 14.3. The Hall–Kier alpha value is -2.93. The molecule has 0 spiro atoms. The van der Waals surface area contributed by atoms with Crippen LogP contribution in [0.25, 0.3) is 0 Å². The molecular formula is C19H17FN2O3S. The first-order valence-electron chi connectivity index (χ1n) is 7.81. The van der Waals surface area contributed by atoms with Gasteiger partial charge < -0.3 is 9.47 Å². The Morgan fingerprint density at radius 2 is 1.92 bits per heavy atom. The van der Waals surface area contributed by atoms with Crippen molar-refractivity contribution < 1.29 is 18.7 Å². The van der Waals surface area contributed by atoms with Gasteiger partial charge in [-0.05, 0) is 29.8 Å². The second-order valence-corrected chi connectivity index (χ2v) is 6.57. The van der Waals surface area contributed by atoms with Crippen molar-refractivity contribution in [3.63, 3.8) is 0 Å². The van der Waals surface area contributed by atoms with Gasteiger partial charge in [0.05, 0.1) is 19.8 Å². The lowest BCUT2D eigenvalue weighted by Crippen LogP contribution is -2.13. The fourth-order valence-electron chi connectivity index (χ4n) is 2.40. The van der Waals surface area contributed by atoms with Gasteiger partial charge in [-0.3, -0.25) is 10.1 Å². The number of methoxy groups -OCH3 is 2. The number of benzene rings is 2. The van der Waals surface area contributed by atoms with E-state index in [9.17, 15) is 9.18 Å². The molecule has 1 N–H and O–H groups in total. The number of anilines is 1. The van der Waals surface area contributed by atoms with Gasteiger partial charge in [0.2, 0.25) is 0 Å². The molecule has 1 aromatic heterocycles. The van der Waals surface area contributed by atoms with Gasteiger partial charge in [-0.25, -0.2) is 9.37 Å². The van der Waals surface area contributed by atoms with Crippen LogP contribution in [0.2, 0.25) is 0 Å². The van der Waals surface area contributed by atoms with Gasteiger partial charge in [0.1, 0.15) is 17.3 Å². The largest absolute Gasteiger partial charge is 0.497 e. The van der Waals surface area contributed by atoms with Crippen molar-refractivity contribution in [3.8, 4) is 11.5 Å². The predicted octanol–water partition coefficient (Wildman–Crippen LogP) is 4.14. The molecule has 7 heteroatoms. The summed E-state index contributed by atoms with van der Waals surface area (Å²) in [5, 5.41) is 3.26. The van der Waals surface area contributed by atoms with E-state index >= 15 is 0 Å². The first-order chi connectivity index (χ1) is 12.6. The maximum absolute atomic E-state index is 13.0. The SMILES string of the molecule is COc1ccc(C(=O)Nc2ncc(Cc3ccc(F)cc3)s2)c(OC)c1. The van der Waals surface area contributed by atoms with E-state index in [1.807, 2.05) is 0 Å². The van der Waals surface area contributed by atoms with E-state index in [0.29, 0.717) is 28.6 Å². The number of nitrogens with one attached hydrogen (secondary N) is 1. The van der Waals surface area contributed by atoms with Crippen molar-refractivity contribution in [1.29, 1.82) is 0 Å². The third-order valence-corrected chi connectivity index (χ3v) is 4.63. The van der Waals surface area contributed by atoms with Crippen LogP contribution < -0.4 is 14.8 Å². The second-order valence-electron chi connectivity index (χ2n) is 5.46. The topological polar surface area (TPSA) is 60.5 Å². The average Bonchev–Trinajstić information content (AvgIpc) is 3.09. The van der Waals surface area contributed by atoms with Crippen LogP contribution in [0.3, 0.4) is 0 Å². The van der Waals surface area contributed by atoms with Crippen LogP contribution >= 0.6 is 11.3 Å². The maximum Gasteiger partial charge on any atom is 0.261 e. The molecule has 5 nitrogen and oxygen atoms in total. The lowest BCUT2D eigenvalue weighted by Gasteiger charge is -2.09. The van der Waals surface area contributed by atoms with Gasteiger partial charge in [-0.2, -0.15) is 0 Å². The average molecular weight is 372 g/mol. The summed E-state index contributed by atoms with van der Waals surface area (Å²) in [6.45, 7) is 0. The first-order valence-corrected chi connectivity index (χ1v) is 8.63. The van der Waals surface area contributed by atoms with Crippen LogP contribution in [0.4, 0.5) is 9.52 Å².